The van der Waals surface area contributed by atoms with Crippen LogP contribution in [0.4, 0.5) is 5.69 Å². The fourth-order valence-corrected chi connectivity index (χ4v) is 5.72. The first-order chi connectivity index (χ1) is 18.0. The molecule has 1 aliphatic rings. The molecule has 0 saturated carbocycles. The lowest BCUT2D eigenvalue weighted by Crippen LogP contribution is -2.15. The van der Waals surface area contributed by atoms with Crippen LogP contribution in [0.1, 0.15) is 41.4 Å². The smallest absolute Gasteiger partial charge is 0.273 e. The average Bonchev–Trinajstić information content (AvgIpc) is 3.34. The molecule has 0 fully saturated rings. The standard InChI is InChI=1S/C31H27Cl2N3O/c1-2-20-11-13-21(14-12-20)28-24-10-6-7-17-35-27(22-15-16-25(32)26(33)18-22)19-36(31(24)35)29(28)30(37)34-23-8-4-3-5-9-23/h3-5,8-9,11-16,18-19H,2,6-7,10,17H2,1H3,(H,34,37). The number of aryl methyl sites for hydroxylation is 3. The SMILES string of the molecule is CCc1ccc(-c2c3c4n(c(-c5ccc(Cl)c(Cl)c5)cn4c2C(=O)Nc2ccccc2)CCCC3)cc1. The predicted octanol–water partition coefficient (Wildman–Crippen LogP) is 8.53. The van der Waals surface area contributed by atoms with Gasteiger partial charge in [0.15, 0.2) is 0 Å². The number of anilines is 1. The van der Waals surface area contributed by atoms with Gasteiger partial charge in [0, 0.05) is 35.1 Å². The first kappa shape index (κ1) is 23.9. The summed E-state index contributed by atoms with van der Waals surface area (Å²) in [6.45, 7) is 3.03. The Morgan fingerprint density at radius 2 is 1.68 bits per heavy atom. The van der Waals surface area contributed by atoms with Crippen LogP contribution in [0.2, 0.25) is 10.0 Å². The summed E-state index contributed by atoms with van der Waals surface area (Å²) in [5.74, 6) is -0.125. The predicted molar refractivity (Wildman–Crippen MR) is 153 cm³/mol. The van der Waals surface area contributed by atoms with Crippen LogP contribution in [-0.4, -0.2) is 14.9 Å². The second-order valence-corrected chi connectivity index (χ2v) is 10.3. The molecule has 1 amide bonds. The van der Waals surface area contributed by atoms with E-state index in [-0.39, 0.29) is 5.91 Å². The van der Waals surface area contributed by atoms with Crippen LogP contribution in [0, 0.1) is 0 Å². The maximum Gasteiger partial charge on any atom is 0.273 e. The lowest BCUT2D eigenvalue weighted by Gasteiger charge is -2.11. The zero-order chi connectivity index (χ0) is 25.5. The molecule has 37 heavy (non-hydrogen) atoms. The van der Waals surface area contributed by atoms with Gasteiger partial charge in [-0.05, 0) is 61.1 Å². The van der Waals surface area contributed by atoms with Gasteiger partial charge in [-0.2, -0.15) is 0 Å². The monoisotopic (exact) mass is 527 g/mol. The number of hydrogen-bond acceptors (Lipinski definition) is 1. The molecule has 0 saturated heterocycles. The van der Waals surface area contributed by atoms with Crippen LogP contribution in [-0.2, 0) is 19.4 Å². The molecule has 0 radical (unpaired) electrons. The first-order valence-electron chi connectivity index (χ1n) is 12.7. The van der Waals surface area contributed by atoms with Crippen molar-refractivity contribution in [2.45, 2.75) is 39.2 Å². The van der Waals surface area contributed by atoms with E-state index in [0.29, 0.717) is 15.7 Å². The summed E-state index contributed by atoms with van der Waals surface area (Å²) in [6, 6.07) is 24.0. The number of hydrogen-bond donors (Lipinski definition) is 1. The maximum atomic E-state index is 14.0. The van der Waals surface area contributed by atoms with Crippen LogP contribution < -0.4 is 5.32 Å². The van der Waals surface area contributed by atoms with Crippen molar-refractivity contribution >= 4 is 40.4 Å². The Labute approximate surface area is 226 Å². The van der Waals surface area contributed by atoms with Crippen LogP contribution >= 0.6 is 23.2 Å². The van der Waals surface area contributed by atoms with Crippen molar-refractivity contribution in [3.8, 4) is 22.4 Å². The molecule has 0 bridgehead atoms. The summed E-state index contributed by atoms with van der Waals surface area (Å²) in [7, 11) is 0. The van der Waals surface area contributed by atoms with Gasteiger partial charge in [0.1, 0.15) is 11.3 Å². The van der Waals surface area contributed by atoms with E-state index in [1.807, 2.05) is 48.5 Å². The van der Waals surface area contributed by atoms with Crippen LogP contribution in [0.15, 0.2) is 79.0 Å². The van der Waals surface area contributed by atoms with E-state index in [1.54, 1.807) is 0 Å². The lowest BCUT2D eigenvalue weighted by molar-refractivity contribution is 0.102. The van der Waals surface area contributed by atoms with E-state index < -0.39 is 0 Å². The molecule has 5 aromatic rings. The van der Waals surface area contributed by atoms with Crippen LogP contribution in [0.3, 0.4) is 0 Å². The Hall–Kier alpha value is -3.47. The zero-order valence-corrected chi connectivity index (χ0v) is 22.1. The minimum absolute atomic E-state index is 0.125. The van der Waals surface area contributed by atoms with Gasteiger partial charge in [-0.15, -0.1) is 0 Å². The highest BCUT2D eigenvalue weighted by Crippen LogP contribution is 2.40. The first-order valence-corrected chi connectivity index (χ1v) is 13.5. The maximum absolute atomic E-state index is 14.0. The van der Waals surface area contributed by atoms with E-state index >= 15 is 0 Å². The molecular weight excluding hydrogens is 501 g/mol. The second kappa shape index (κ2) is 9.77. The Balaban J connectivity index is 1.61. The molecule has 3 heterocycles. The van der Waals surface area contributed by atoms with Crippen molar-refractivity contribution in [2.75, 3.05) is 5.32 Å². The molecule has 6 heteroatoms. The summed E-state index contributed by atoms with van der Waals surface area (Å²) in [5.41, 5.74) is 9.08. The van der Waals surface area contributed by atoms with Gasteiger partial charge in [-0.25, -0.2) is 0 Å². The normalized spacial score (nSPS) is 13.1. The molecule has 186 valence electrons. The highest BCUT2D eigenvalue weighted by atomic mass is 35.5. The van der Waals surface area contributed by atoms with Crippen molar-refractivity contribution < 1.29 is 4.79 Å². The molecule has 2 aromatic heterocycles. The second-order valence-electron chi connectivity index (χ2n) is 9.52. The van der Waals surface area contributed by atoms with Gasteiger partial charge in [-0.1, -0.05) is 78.7 Å². The van der Waals surface area contributed by atoms with Crippen molar-refractivity contribution in [1.29, 1.82) is 0 Å². The topological polar surface area (TPSA) is 38.4 Å². The van der Waals surface area contributed by atoms with E-state index in [9.17, 15) is 4.79 Å². The third-order valence-corrected chi connectivity index (χ3v) is 7.99. The molecule has 6 rings (SSSR count). The minimum atomic E-state index is -0.125. The number of carbonyl (C=O) groups is 1. The molecule has 0 aliphatic carbocycles. The number of para-hydroxylation sites is 1. The fourth-order valence-electron chi connectivity index (χ4n) is 5.42. The lowest BCUT2D eigenvalue weighted by atomic mass is 9.96. The molecule has 0 atom stereocenters. The van der Waals surface area contributed by atoms with E-state index in [1.165, 1.54) is 11.1 Å². The van der Waals surface area contributed by atoms with Gasteiger partial charge in [0.05, 0.1) is 15.7 Å². The van der Waals surface area contributed by atoms with Crippen molar-refractivity contribution in [3.05, 3.63) is 106 Å². The number of rotatable bonds is 5. The Morgan fingerprint density at radius 1 is 0.919 bits per heavy atom. The van der Waals surface area contributed by atoms with Crippen LogP contribution in [0.25, 0.3) is 28.0 Å². The number of imidazole rings is 1. The van der Waals surface area contributed by atoms with Crippen molar-refractivity contribution in [1.82, 2.24) is 8.97 Å². The summed E-state index contributed by atoms with van der Waals surface area (Å²) in [4.78, 5) is 14.0. The third-order valence-electron chi connectivity index (χ3n) is 7.25. The van der Waals surface area contributed by atoms with Crippen molar-refractivity contribution in [2.24, 2.45) is 0 Å². The molecule has 3 aromatic carbocycles. The number of carbonyl (C=O) groups excluding carboxylic acids is 1. The number of aromatic nitrogens is 2. The van der Waals surface area contributed by atoms with Gasteiger partial charge < -0.3 is 9.88 Å². The molecule has 1 aliphatic heterocycles. The third kappa shape index (κ3) is 4.24. The molecule has 0 unspecified atom stereocenters. The Morgan fingerprint density at radius 3 is 2.41 bits per heavy atom. The average molecular weight is 528 g/mol. The fraction of sp³-hybridized carbons (Fsp3) is 0.194. The molecule has 0 spiro atoms. The quantitative estimate of drug-likeness (QED) is 0.244. The van der Waals surface area contributed by atoms with Gasteiger partial charge in [-0.3, -0.25) is 9.20 Å². The van der Waals surface area contributed by atoms with E-state index in [2.05, 4.69) is 51.7 Å². The summed E-state index contributed by atoms with van der Waals surface area (Å²) in [6.07, 6.45) is 6.09. The summed E-state index contributed by atoms with van der Waals surface area (Å²) < 4.78 is 4.42. The summed E-state index contributed by atoms with van der Waals surface area (Å²) in [5, 5.41) is 4.18. The number of nitrogens with one attached hydrogen (secondary N) is 1. The molecular formula is C31H27Cl2N3O. The highest BCUT2D eigenvalue weighted by molar-refractivity contribution is 6.42. The molecule has 4 nitrogen and oxygen atoms in total. The van der Waals surface area contributed by atoms with E-state index in [0.717, 1.165) is 65.9 Å². The molecule has 1 N–H and O–H groups in total. The van der Waals surface area contributed by atoms with Crippen LogP contribution in [0.5, 0.6) is 0 Å². The Kier molecular flexibility index (Phi) is 6.31. The number of nitrogens with zero attached hydrogens (tertiary/aromatic N) is 2. The highest BCUT2D eigenvalue weighted by Gasteiger charge is 2.29. The zero-order valence-electron chi connectivity index (χ0n) is 20.6. The Bertz CT molecular complexity index is 1610. The number of amides is 1. The van der Waals surface area contributed by atoms with E-state index in [4.69, 9.17) is 23.2 Å². The number of benzene rings is 3. The van der Waals surface area contributed by atoms with Gasteiger partial charge in [0.2, 0.25) is 0 Å². The number of halogens is 2. The van der Waals surface area contributed by atoms with Crippen molar-refractivity contribution in [3.63, 3.8) is 0 Å². The summed E-state index contributed by atoms with van der Waals surface area (Å²) >= 11 is 12.6. The van der Waals surface area contributed by atoms with Gasteiger partial charge in [0.25, 0.3) is 5.91 Å². The minimum Gasteiger partial charge on any atom is -0.325 e. The van der Waals surface area contributed by atoms with Gasteiger partial charge >= 0.3 is 0 Å². The largest absolute Gasteiger partial charge is 0.325 e.